The highest BCUT2D eigenvalue weighted by molar-refractivity contribution is 8.76. The van der Waals surface area contributed by atoms with E-state index in [1.165, 1.54) is 44.5 Å². The molecule has 0 aliphatic heterocycles. The van der Waals surface area contributed by atoms with Gasteiger partial charge in [0.1, 0.15) is 0 Å². The Kier molecular flexibility index (Phi) is 8.59. The molecule has 0 unspecified atom stereocenters. The van der Waals surface area contributed by atoms with Crippen LogP contribution in [0.25, 0.3) is 22.3 Å². The molecule has 0 saturated carbocycles. The molecule has 0 nitrogen and oxygen atoms in total. The lowest BCUT2D eigenvalue weighted by Crippen LogP contribution is -1.94. The largest absolute Gasteiger partial charge is 0.0853 e. The van der Waals surface area contributed by atoms with E-state index in [9.17, 15) is 0 Å². The van der Waals surface area contributed by atoms with Gasteiger partial charge in [-0.25, -0.2) is 0 Å². The molecule has 4 aromatic rings. The second-order valence-corrected chi connectivity index (χ2v) is 11.6. The van der Waals surface area contributed by atoms with Crippen molar-refractivity contribution in [3.8, 4) is 22.3 Å². The lowest BCUT2D eigenvalue weighted by molar-refractivity contribution is 0.893. The predicted octanol–water partition coefficient (Wildman–Crippen LogP) is 10.6. The maximum Gasteiger partial charge on any atom is 0.0398 e. The first-order valence-electron chi connectivity index (χ1n) is 12.2. The van der Waals surface area contributed by atoms with Crippen molar-refractivity contribution >= 4 is 21.6 Å². The quantitative estimate of drug-likeness (QED) is 0.218. The second-order valence-electron chi connectivity index (χ2n) is 8.96. The van der Waals surface area contributed by atoms with Crippen molar-refractivity contribution in [1.82, 2.24) is 0 Å². The maximum absolute atomic E-state index is 2.31. The van der Waals surface area contributed by atoms with E-state index >= 15 is 0 Å². The van der Waals surface area contributed by atoms with Crippen LogP contribution in [-0.2, 0) is 0 Å². The first-order valence-corrected chi connectivity index (χ1v) is 14.5. The summed E-state index contributed by atoms with van der Waals surface area (Å²) in [6, 6.07) is 35.9. The van der Waals surface area contributed by atoms with Crippen molar-refractivity contribution in [1.29, 1.82) is 0 Å². The van der Waals surface area contributed by atoms with Gasteiger partial charge in [-0.2, -0.15) is 0 Å². The Morgan fingerprint density at radius 1 is 0.441 bits per heavy atom. The van der Waals surface area contributed by atoms with E-state index < -0.39 is 0 Å². The zero-order valence-corrected chi connectivity index (χ0v) is 22.3. The smallest absolute Gasteiger partial charge is 0.0398 e. The van der Waals surface area contributed by atoms with E-state index in [2.05, 4.69) is 125 Å². The van der Waals surface area contributed by atoms with E-state index in [0.29, 0.717) is 10.5 Å². The first kappa shape index (κ1) is 24.7. The van der Waals surface area contributed by atoms with Gasteiger partial charge in [-0.1, -0.05) is 144 Å². The zero-order chi connectivity index (χ0) is 23.9. The van der Waals surface area contributed by atoms with Crippen molar-refractivity contribution < 1.29 is 0 Å². The molecule has 34 heavy (non-hydrogen) atoms. The zero-order valence-electron chi connectivity index (χ0n) is 20.6. The number of hydrogen-bond acceptors (Lipinski definition) is 2. The van der Waals surface area contributed by atoms with Crippen LogP contribution in [-0.4, -0.2) is 0 Å². The Morgan fingerprint density at radius 2 is 0.706 bits per heavy atom. The van der Waals surface area contributed by atoms with E-state index in [-0.39, 0.29) is 0 Å². The van der Waals surface area contributed by atoms with Gasteiger partial charge in [0.15, 0.2) is 0 Å². The number of benzene rings is 4. The maximum atomic E-state index is 2.31. The molecule has 0 aliphatic rings. The average Bonchev–Trinajstić information content (AvgIpc) is 2.88. The third-order valence-electron chi connectivity index (χ3n) is 6.36. The fraction of sp³-hybridized carbons (Fsp3) is 0.250. The summed E-state index contributed by atoms with van der Waals surface area (Å²) >= 11 is 0. The Morgan fingerprint density at radius 3 is 0.971 bits per heavy atom. The van der Waals surface area contributed by atoms with Crippen LogP contribution in [0.2, 0.25) is 0 Å². The van der Waals surface area contributed by atoms with Gasteiger partial charge in [0.05, 0.1) is 0 Å². The highest BCUT2D eigenvalue weighted by Crippen LogP contribution is 2.49. The Hall–Kier alpha value is -2.42. The summed E-state index contributed by atoms with van der Waals surface area (Å²) < 4.78 is 0. The van der Waals surface area contributed by atoms with Crippen LogP contribution in [0.3, 0.4) is 0 Å². The van der Waals surface area contributed by atoms with Crippen molar-refractivity contribution in [2.24, 2.45) is 0 Å². The van der Waals surface area contributed by atoms with Crippen molar-refractivity contribution in [3.63, 3.8) is 0 Å². The van der Waals surface area contributed by atoms with E-state index in [1.54, 1.807) is 0 Å². The van der Waals surface area contributed by atoms with Gasteiger partial charge in [0.25, 0.3) is 0 Å². The molecule has 0 aliphatic carbocycles. The molecule has 0 bridgehead atoms. The van der Waals surface area contributed by atoms with E-state index in [1.807, 2.05) is 21.6 Å². The van der Waals surface area contributed by atoms with Crippen molar-refractivity contribution in [2.75, 3.05) is 0 Å². The Bertz CT molecular complexity index is 1060. The number of aryl methyl sites for hydroxylation is 2. The number of hydrogen-bond donors (Lipinski definition) is 0. The summed E-state index contributed by atoms with van der Waals surface area (Å²) in [6.07, 6.45) is 2.26. The van der Waals surface area contributed by atoms with Crippen LogP contribution >= 0.6 is 21.6 Å². The minimum absolute atomic E-state index is 0.498. The summed E-state index contributed by atoms with van der Waals surface area (Å²) in [5.41, 5.74) is 10.6. The molecule has 174 valence electrons. The molecule has 4 aromatic carbocycles. The minimum atomic E-state index is 0.498. The SMILES string of the molecule is CC[C@@H](SS[C@H](CC)c1ccc(-c2ccc(C)cc2)cc1)c1ccc(-c2ccc(C)cc2)cc1. The van der Waals surface area contributed by atoms with Gasteiger partial charge in [0.2, 0.25) is 0 Å². The molecule has 0 spiro atoms. The predicted molar refractivity (Wildman–Crippen MR) is 154 cm³/mol. The third-order valence-corrected chi connectivity index (χ3v) is 9.88. The van der Waals surface area contributed by atoms with Crippen LogP contribution in [0.5, 0.6) is 0 Å². The topological polar surface area (TPSA) is 0 Å². The van der Waals surface area contributed by atoms with Crippen molar-refractivity contribution in [2.45, 2.75) is 51.0 Å². The minimum Gasteiger partial charge on any atom is -0.0853 e. The molecule has 2 heteroatoms. The second kappa shape index (κ2) is 11.8. The highest BCUT2D eigenvalue weighted by Gasteiger charge is 2.16. The van der Waals surface area contributed by atoms with Crippen LogP contribution < -0.4 is 0 Å². The molecular formula is C32H34S2. The fourth-order valence-corrected chi connectivity index (χ4v) is 7.49. The molecule has 0 saturated heterocycles. The molecule has 0 N–H and O–H groups in total. The average molecular weight is 483 g/mol. The molecule has 0 heterocycles. The first-order chi connectivity index (χ1) is 16.6. The monoisotopic (exact) mass is 482 g/mol. The highest BCUT2D eigenvalue weighted by atomic mass is 33.1. The van der Waals surface area contributed by atoms with Gasteiger partial charge in [-0.3, -0.25) is 0 Å². The van der Waals surface area contributed by atoms with E-state index in [4.69, 9.17) is 0 Å². The summed E-state index contributed by atoms with van der Waals surface area (Å²) in [7, 11) is 4.05. The van der Waals surface area contributed by atoms with Crippen LogP contribution in [0.1, 0.15) is 59.4 Å². The summed E-state index contributed by atoms with van der Waals surface area (Å²) in [6.45, 7) is 8.86. The molecule has 2 atom stereocenters. The molecule has 0 radical (unpaired) electrons. The standard InChI is InChI=1S/C32H34S2/c1-5-31(29-19-15-27(16-20-29)25-11-7-23(3)8-12-25)33-34-32(6-2)30-21-17-28(18-22-30)26-13-9-24(4)10-14-26/h7-22,31-32H,5-6H2,1-4H3/t31-,32-/m1/s1. The Labute approximate surface area is 213 Å². The molecule has 4 rings (SSSR count). The lowest BCUT2D eigenvalue weighted by Gasteiger charge is -2.20. The summed E-state index contributed by atoms with van der Waals surface area (Å²) in [5.74, 6) is 0. The van der Waals surface area contributed by atoms with Crippen molar-refractivity contribution in [3.05, 3.63) is 119 Å². The molecular weight excluding hydrogens is 448 g/mol. The number of rotatable bonds is 9. The van der Waals surface area contributed by atoms with Gasteiger partial charge >= 0.3 is 0 Å². The van der Waals surface area contributed by atoms with Gasteiger partial charge in [0, 0.05) is 10.5 Å². The van der Waals surface area contributed by atoms with Crippen LogP contribution in [0.15, 0.2) is 97.1 Å². The van der Waals surface area contributed by atoms with Gasteiger partial charge < -0.3 is 0 Å². The summed E-state index contributed by atoms with van der Waals surface area (Å²) in [5, 5.41) is 0.996. The van der Waals surface area contributed by atoms with Crippen LogP contribution in [0, 0.1) is 13.8 Å². The van der Waals surface area contributed by atoms with Gasteiger partial charge in [-0.05, 0) is 60.1 Å². The molecule has 0 aromatic heterocycles. The molecule has 0 amide bonds. The normalized spacial score (nSPS) is 12.9. The fourth-order valence-electron chi connectivity index (χ4n) is 4.13. The third kappa shape index (κ3) is 6.17. The van der Waals surface area contributed by atoms with Crippen LogP contribution in [0.4, 0.5) is 0 Å². The Balaban J connectivity index is 1.40. The molecule has 0 fully saturated rings. The van der Waals surface area contributed by atoms with E-state index in [0.717, 1.165) is 12.8 Å². The van der Waals surface area contributed by atoms with Gasteiger partial charge in [-0.15, -0.1) is 0 Å². The summed E-state index contributed by atoms with van der Waals surface area (Å²) in [4.78, 5) is 0. The lowest BCUT2D eigenvalue weighted by atomic mass is 10.0.